The number of morpholine rings is 1. The van der Waals surface area contributed by atoms with Crippen LogP contribution in [-0.2, 0) is 14.3 Å². The van der Waals surface area contributed by atoms with Crippen molar-refractivity contribution in [1.82, 2.24) is 14.9 Å². The number of hydrogen-bond donors (Lipinski definition) is 1. The van der Waals surface area contributed by atoms with Gasteiger partial charge in [-0.15, -0.1) is 0 Å². The first-order valence-electron chi connectivity index (χ1n) is 10.2. The minimum absolute atomic E-state index is 0.0136. The molecule has 0 saturated carbocycles. The molecule has 0 unspecified atom stereocenters. The molecule has 1 aromatic carbocycles. The first-order valence-corrected chi connectivity index (χ1v) is 10.2. The summed E-state index contributed by atoms with van der Waals surface area (Å²) in [6, 6.07) is 6.95. The highest BCUT2D eigenvalue weighted by Gasteiger charge is 2.29. The highest BCUT2D eigenvalue weighted by atomic mass is 16.5. The van der Waals surface area contributed by atoms with Gasteiger partial charge in [0.1, 0.15) is 12.7 Å². The van der Waals surface area contributed by atoms with Crippen LogP contribution in [0.1, 0.15) is 36.0 Å². The monoisotopic (exact) mass is 427 g/mol. The van der Waals surface area contributed by atoms with Crippen molar-refractivity contribution >= 4 is 17.8 Å². The molecular weight excluding hydrogens is 398 g/mol. The Morgan fingerprint density at radius 3 is 2.61 bits per heavy atom. The van der Waals surface area contributed by atoms with Gasteiger partial charge in [-0.25, -0.2) is 9.97 Å². The van der Waals surface area contributed by atoms with Gasteiger partial charge in [0.05, 0.1) is 24.9 Å². The average Bonchev–Trinajstić information content (AvgIpc) is 2.77. The first kappa shape index (κ1) is 22.6. The summed E-state index contributed by atoms with van der Waals surface area (Å²) in [4.78, 5) is 36.7. The van der Waals surface area contributed by atoms with Crippen molar-refractivity contribution in [3.63, 3.8) is 0 Å². The van der Waals surface area contributed by atoms with Gasteiger partial charge in [-0.05, 0) is 31.5 Å². The van der Waals surface area contributed by atoms with Crippen molar-refractivity contribution in [2.24, 2.45) is 5.73 Å². The maximum absolute atomic E-state index is 12.6. The first-order chi connectivity index (χ1) is 14.8. The van der Waals surface area contributed by atoms with Crippen LogP contribution in [0.25, 0.3) is 11.1 Å². The number of amides is 2. The van der Waals surface area contributed by atoms with Crippen molar-refractivity contribution in [2.75, 3.05) is 45.3 Å². The predicted molar refractivity (Wildman–Crippen MR) is 117 cm³/mol. The van der Waals surface area contributed by atoms with E-state index in [0.717, 1.165) is 11.1 Å². The van der Waals surface area contributed by atoms with Crippen LogP contribution in [-0.4, -0.2) is 73.2 Å². The Morgan fingerprint density at radius 2 is 2.00 bits per heavy atom. The number of benzene rings is 1. The molecule has 31 heavy (non-hydrogen) atoms. The third-order valence-corrected chi connectivity index (χ3v) is 4.95. The van der Waals surface area contributed by atoms with E-state index in [1.165, 1.54) is 0 Å². The number of nitrogens with zero attached hydrogens (tertiary/aromatic N) is 4. The summed E-state index contributed by atoms with van der Waals surface area (Å²) in [7, 11) is 3.72. The average molecular weight is 428 g/mol. The summed E-state index contributed by atoms with van der Waals surface area (Å²) in [6.07, 6.45) is 1.31. The summed E-state index contributed by atoms with van der Waals surface area (Å²) in [5.74, 6) is -0.0155. The maximum Gasteiger partial charge on any atom is 0.248 e. The minimum Gasteiger partial charge on any atom is -0.369 e. The Morgan fingerprint density at radius 1 is 1.29 bits per heavy atom. The molecule has 1 aromatic heterocycles. The molecule has 1 saturated heterocycles. The van der Waals surface area contributed by atoms with Crippen LogP contribution in [0.4, 0.5) is 5.95 Å². The molecule has 1 atom stereocenters. The summed E-state index contributed by atoms with van der Waals surface area (Å²) < 4.78 is 11.5. The molecule has 9 nitrogen and oxygen atoms in total. The number of primary amides is 1. The zero-order valence-electron chi connectivity index (χ0n) is 18.4. The van der Waals surface area contributed by atoms with E-state index in [1.807, 2.05) is 32.8 Å². The smallest absolute Gasteiger partial charge is 0.248 e. The molecule has 2 aromatic rings. The second-order valence-electron chi connectivity index (χ2n) is 7.86. The van der Waals surface area contributed by atoms with Crippen molar-refractivity contribution < 1.29 is 19.1 Å². The quantitative estimate of drug-likeness (QED) is 0.715. The fraction of sp³-hybridized carbons (Fsp3) is 0.455. The summed E-state index contributed by atoms with van der Waals surface area (Å²) >= 11 is 0. The molecule has 2 N–H and O–H groups in total. The van der Waals surface area contributed by atoms with E-state index < -0.39 is 12.0 Å². The molecule has 3 rings (SSSR count). The molecule has 166 valence electrons. The van der Waals surface area contributed by atoms with Gasteiger partial charge in [0, 0.05) is 38.0 Å². The molecule has 1 aliphatic heterocycles. The van der Waals surface area contributed by atoms with Crippen LogP contribution in [0.15, 0.2) is 30.5 Å². The van der Waals surface area contributed by atoms with Crippen molar-refractivity contribution in [3.05, 3.63) is 41.7 Å². The lowest BCUT2D eigenvalue weighted by molar-refractivity contribution is -0.145. The van der Waals surface area contributed by atoms with E-state index in [1.54, 1.807) is 35.4 Å². The number of anilines is 1. The highest BCUT2D eigenvalue weighted by molar-refractivity contribution is 5.93. The van der Waals surface area contributed by atoms with Gasteiger partial charge >= 0.3 is 0 Å². The largest absolute Gasteiger partial charge is 0.369 e. The molecule has 0 spiro atoms. The van der Waals surface area contributed by atoms with Crippen LogP contribution >= 0.6 is 0 Å². The lowest BCUT2D eigenvalue weighted by Crippen LogP contribution is -2.44. The van der Waals surface area contributed by atoms with E-state index in [2.05, 4.69) is 4.98 Å². The van der Waals surface area contributed by atoms with E-state index in [-0.39, 0.29) is 18.6 Å². The van der Waals surface area contributed by atoms with Gasteiger partial charge in [-0.1, -0.05) is 12.1 Å². The van der Waals surface area contributed by atoms with E-state index in [9.17, 15) is 9.59 Å². The fourth-order valence-electron chi connectivity index (χ4n) is 3.25. The Bertz CT molecular complexity index is 930. The number of hydrogen-bond acceptors (Lipinski definition) is 7. The summed E-state index contributed by atoms with van der Waals surface area (Å²) in [5.41, 5.74) is 8.07. The van der Waals surface area contributed by atoms with Crippen molar-refractivity contribution in [3.8, 4) is 11.1 Å². The van der Waals surface area contributed by atoms with Gasteiger partial charge in [0.2, 0.25) is 17.8 Å². The molecule has 1 fully saturated rings. The molecule has 2 heterocycles. The molecule has 9 heteroatoms. The molecule has 2 amide bonds. The number of carbonyl (C=O) groups is 2. The molecule has 1 aliphatic rings. The number of ether oxygens (including phenoxy) is 2. The molecule has 0 aliphatic carbocycles. The van der Waals surface area contributed by atoms with Gasteiger partial charge in [0.15, 0.2) is 0 Å². The summed E-state index contributed by atoms with van der Waals surface area (Å²) in [5, 5.41) is 0. The van der Waals surface area contributed by atoms with Gasteiger partial charge < -0.3 is 25.0 Å². The van der Waals surface area contributed by atoms with Gasteiger partial charge in [0.25, 0.3) is 0 Å². The van der Waals surface area contributed by atoms with Crippen molar-refractivity contribution in [2.45, 2.75) is 26.1 Å². The standard InChI is InChI=1S/C22H29N5O4/c1-14(2)31-13-19(28)27-9-10-30-18(12-27)20-17(11-24-22(25-20)26(3)4)15-5-7-16(8-6-15)21(23)29/h5-8,11,14,18H,9-10,12-13H2,1-4H3,(H2,23,29)/t18-/m1/s1. The Labute approximate surface area is 182 Å². The Balaban J connectivity index is 1.91. The Hall–Kier alpha value is -3.04. The van der Waals surface area contributed by atoms with Gasteiger partial charge in [-0.3, -0.25) is 9.59 Å². The van der Waals surface area contributed by atoms with Crippen LogP contribution in [0.3, 0.4) is 0 Å². The van der Waals surface area contributed by atoms with Gasteiger partial charge in [-0.2, -0.15) is 0 Å². The number of carbonyl (C=O) groups excluding carboxylic acids is 2. The third kappa shape index (κ3) is 5.56. The van der Waals surface area contributed by atoms with Crippen LogP contribution in [0, 0.1) is 0 Å². The second-order valence-corrected chi connectivity index (χ2v) is 7.86. The van der Waals surface area contributed by atoms with Crippen LogP contribution in [0.2, 0.25) is 0 Å². The number of nitrogens with two attached hydrogens (primary N) is 1. The molecule has 0 radical (unpaired) electrons. The van der Waals surface area contributed by atoms with Crippen LogP contribution < -0.4 is 10.6 Å². The SMILES string of the molecule is CC(C)OCC(=O)N1CCO[C@@H](c2nc(N(C)C)ncc2-c2ccc(C(N)=O)cc2)C1. The van der Waals surface area contributed by atoms with E-state index in [0.29, 0.717) is 36.9 Å². The number of aromatic nitrogens is 2. The fourth-order valence-corrected chi connectivity index (χ4v) is 3.25. The normalized spacial score (nSPS) is 16.4. The lowest BCUT2D eigenvalue weighted by Gasteiger charge is -2.33. The third-order valence-electron chi connectivity index (χ3n) is 4.95. The second kappa shape index (κ2) is 9.84. The summed E-state index contributed by atoms with van der Waals surface area (Å²) in [6.45, 7) is 5.11. The zero-order chi connectivity index (χ0) is 22.5. The molecular formula is C22H29N5O4. The van der Waals surface area contributed by atoms with E-state index >= 15 is 0 Å². The highest BCUT2D eigenvalue weighted by Crippen LogP contribution is 2.31. The Kier molecular flexibility index (Phi) is 7.19. The molecule has 0 bridgehead atoms. The minimum atomic E-state index is -0.487. The topological polar surface area (TPSA) is 111 Å². The maximum atomic E-state index is 12.6. The lowest BCUT2D eigenvalue weighted by atomic mass is 10.0. The zero-order valence-corrected chi connectivity index (χ0v) is 18.4. The predicted octanol–water partition coefficient (Wildman–Crippen LogP) is 1.63. The number of rotatable bonds is 7. The van der Waals surface area contributed by atoms with Crippen LogP contribution in [0.5, 0.6) is 0 Å². The van der Waals surface area contributed by atoms with E-state index in [4.69, 9.17) is 20.2 Å². The van der Waals surface area contributed by atoms with Crippen molar-refractivity contribution in [1.29, 1.82) is 0 Å².